The molecule has 8 heteroatoms. The number of hydrogen-bond donors (Lipinski definition) is 3. The monoisotopic (exact) mass is 406 g/mol. The maximum absolute atomic E-state index is 13.9. The van der Waals surface area contributed by atoms with Gasteiger partial charge in [0.1, 0.15) is 6.54 Å². The van der Waals surface area contributed by atoms with Crippen molar-refractivity contribution < 1.29 is 18.7 Å². The zero-order valence-corrected chi connectivity index (χ0v) is 17.2. The van der Waals surface area contributed by atoms with E-state index >= 15 is 0 Å². The molecule has 0 aromatic heterocycles. The Morgan fingerprint density at radius 2 is 2.03 bits per heavy atom. The Morgan fingerprint density at radius 3 is 2.72 bits per heavy atom. The second kappa shape index (κ2) is 9.43. The van der Waals surface area contributed by atoms with Gasteiger partial charge in [-0.15, -0.1) is 0 Å². The highest BCUT2D eigenvalue weighted by Crippen LogP contribution is 2.31. The summed E-state index contributed by atoms with van der Waals surface area (Å²) >= 11 is 0. The quantitative estimate of drug-likeness (QED) is 0.281. The minimum absolute atomic E-state index is 0.162. The Balaban J connectivity index is 1.35. The number of hydrazine groups is 1. The fourth-order valence-electron chi connectivity index (χ4n) is 3.20. The van der Waals surface area contributed by atoms with Gasteiger partial charge in [-0.1, -0.05) is 12.8 Å². The first kappa shape index (κ1) is 21.4. The number of carbonyl (C=O) groups is 2. The maximum Gasteiger partial charge on any atom is 0.324 e. The summed E-state index contributed by atoms with van der Waals surface area (Å²) in [7, 11) is 0. The zero-order chi connectivity index (χ0) is 20.9. The van der Waals surface area contributed by atoms with Gasteiger partial charge in [0.2, 0.25) is 5.91 Å². The molecule has 1 aliphatic heterocycles. The molecular weight excluding hydrogens is 375 g/mol. The van der Waals surface area contributed by atoms with E-state index in [0.717, 1.165) is 31.4 Å². The number of halogens is 1. The van der Waals surface area contributed by atoms with E-state index in [1.54, 1.807) is 17.0 Å². The Kier molecular flexibility index (Phi) is 6.95. The lowest BCUT2D eigenvalue weighted by Crippen LogP contribution is -2.43. The van der Waals surface area contributed by atoms with Crippen LogP contribution in [0.4, 0.5) is 14.9 Å². The van der Waals surface area contributed by atoms with E-state index < -0.39 is 0 Å². The highest BCUT2D eigenvalue weighted by Gasteiger charge is 2.26. The van der Waals surface area contributed by atoms with E-state index in [1.807, 2.05) is 0 Å². The van der Waals surface area contributed by atoms with Crippen molar-refractivity contribution in [3.05, 3.63) is 24.0 Å². The Labute approximate surface area is 171 Å². The molecule has 3 amide bonds. The number of imide groups is 1. The molecule has 0 unspecified atom stereocenters. The highest BCUT2D eigenvalue weighted by molar-refractivity contribution is 6.01. The van der Waals surface area contributed by atoms with Gasteiger partial charge in [-0.2, -0.15) is 0 Å². The van der Waals surface area contributed by atoms with Crippen LogP contribution >= 0.6 is 0 Å². The van der Waals surface area contributed by atoms with Gasteiger partial charge in [0, 0.05) is 18.2 Å². The van der Waals surface area contributed by atoms with E-state index in [4.69, 9.17) is 4.74 Å². The van der Waals surface area contributed by atoms with Crippen LogP contribution in [0.15, 0.2) is 18.2 Å². The molecule has 1 heterocycles. The fraction of sp³-hybridized carbons (Fsp3) is 0.619. The van der Waals surface area contributed by atoms with Gasteiger partial charge in [-0.05, 0) is 57.6 Å². The van der Waals surface area contributed by atoms with E-state index in [0.29, 0.717) is 19.1 Å². The van der Waals surface area contributed by atoms with Crippen molar-refractivity contribution in [2.24, 2.45) is 5.92 Å². The number of unbranched alkanes of at least 4 members (excludes halogenated alkanes) is 2. The molecule has 1 saturated carbocycles. The van der Waals surface area contributed by atoms with Crippen LogP contribution < -0.4 is 20.9 Å². The first-order valence-electron chi connectivity index (χ1n) is 10.4. The standard InChI is InChI=1S/C21H31FN4O3/c1-21(2,10-4-3-5-11-26-13-19(27)23-20(26)28)25-24-16-8-9-17(22)18(12-16)29-14-15-6-7-15/h8-9,12,15,24-25H,3-7,10-11,13-14H2,1-2H3,(H,23,27,28). The predicted molar refractivity (Wildman–Crippen MR) is 109 cm³/mol. The molecule has 2 fully saturated rings. The van der Waals surface area contributed by atoms with Gasteiger partial charge >= 0.3 is 6.03 Å². The lowest BCUT2D eigenvalue weighted by molar-refractivity contribution is -0.118. The third kappa shape index (κ3) is 6.88. The number of nitrogens with one attached hydrogen (secondary N) is 3. The second-order valence-corrected chi connectivity index (χ2v) is 8.62. The number of anilines is 1. The third-order valence-electron chi connectivity index (χ3n) is 5.25. The summed E-state index contributed by atoms with van der Waals surface area (Å²) in [4.78, 5) is 24.2. The van der Waals surface area contributed by atoms with Crippen LogP contribution in [0, 0.1) is 11.7 Å². The summed E-state index contributed by atoms with van der Waals surface area (Å²) in [6, 6.07) is 4.49. The molecule has 0 spiro atoms. The number of hydrogen-bond acceptors (Lipinski definition) is 5. The lowest BCUT2D eigenvalue weighted by atomic mass is 9.97. The highest BCUT2D eigenvalue weighted by atomic mass is 19.1. The molecule has 0 bridgehead atoms. The molecule has 7 nitrogen and oxygen atoms in total. The molecule has 160 valence electrons. The molecule has 3 rings (SSSR count). The molecule has 0 atom stereocenters. The SMILES string of the molecule is CC(C)(CCCCCN1CC(=O)NC1=O)NNc1ccc(F)c(OCC2CC2)c1. The van der Waals surface area contributed by atoms with Gasteiger partial charge in [-0.3, -0.25) is 10.1 Å². The second-order valence-electron chi connectivity index (χ2n) is 8.62. The van der Waals surface area contributed by atoms with Gasteiger partial charge in [-0.25, -0.2) is 14.6 Å². The Hall–Kier alpha value is -2.35. The third-order valence-corrected chi connectivity index (χ3v) is 5.25. The molecule has 1 saturated heterocycles. The van der Waals surface area contributed by atoms with Crippen LogP contribution in [0.25, 0.3) is 0 Å². The molecule has 1 aromatic rings. The molecule has 3 N–H and O–H groups in total. The minimum atomic E-state index is -0.344. The summed E-state index contributed by atoms with van der Waals surface area (Å²) < 4.78 is 19.5. The summed E-state index contributed by atoms with van der Waals surface area (Å²) in [5.74, 6) is 0.284. The van der Waals surface area contributed by atoms with E-state index in [9.17, 15) is 14.0 Å². The normalized spacial score (nSPS) is 16.9. The molecular formula is C21H31FN4O3. The molecule has 1 aliphatic carbocycles. The van der Waals surface area contributed by atoms with Crippen LogP contribution in [0.2, 0.25) is 0 Å². The van der Waals surface area contributed by atoms with Crippen LogP contribution in [-0.4, -0.2) is 42.1 Å². The van der Waals surface area contributed by atoms with E-state index in [2.05, 4.69) is 30.0 Å². The van der Waals surface area contributed by atoms with Crippen molar-refractivity contribution in [3.63, 3.8) is 0 Å². The summed E-state index contributed by atoms with van der Waals surface area (Å²) in [5.41, 5.74) is 7.05. The number of benzene rings is 1. The van der Waals surface area contributed by atoms with E-state index in [-0.39, 0.29) is 35.6 Å². The average molecular weight is 407 g/mol. The van der Waals surface area contributed by atoms with Crippen molar-refractivity contribution in [3.8, 4) is 5.75 Å². The fourth-order valence-corrected chi connectivity index (χ4v) is 3.20. The first-order chi connectivity index (χ1) is 13.8. The minimum Gasteiger partial charge on any atom is -0.490 e. The van der Waals surface area contributed by atoms with Crippen molar-refractivity contribution >= 4 is 17.6 Å². The van der Waals surface area contributed by atoms with Crippen molar-refractivity contribution in [2.45, 2.75) is 57.9 Å². The van der Waals surface area contributed by atoms with Crippen molar-refractivity contribution in [2.75, 3.05) is 25.1 Å². The van der Waals surface area contributed by atoms with Crippen LogP contribution in [0.3, 0.4) is 0 Å². The zero-order valence-electron chi connectivity index (χ0n) is 17.2. The number of urea groups is 1. The summed E-state index contributed by atoms with van der Waals surface area (Å²) in [6.45, 7) is 5.54. The molecule has 1 aromatic carbocycles. The maximum atomic E-state index is 13.9. The van der Waals surface area contributed by atoms with Gasteiger partial charge in [0.15, 0.2) is 11.6 Å². The largest absolute Gasteiger partial charge is 0.490 e. The summed E-state index contributed by atoms with van der Waals surface area (Å²) in [5, 5.41) is 2.29. The van der Waals surface area contributed by atoms with Gasteiger partial charge < -0.3 is 15.1 Å². The molecule has 2 aliphatic rings. The smallest absolute Gasteiger partial charge is 0.324 e. The first-order valence-corrected chi connectivity index (χ1v) is 10.4. The summed E-state index contributed by atoms with van der Waals surface area (Å²) in [6.07, 6.45) is 6.08. The van der Waals surface area contributed by atoms with Crippen LogP contribution in [0.5, 0.6) is 5.75 Å². The van der Waals surface area contributed by atoms with Crippen LogP contribution in [0.1, 0.15) is 52.4 Å². The predicted octanol–water partition coefficient (Wildman–Crippen LogP) is 3.42. The molecule has 0 radical (unpaired) electrons. The van der Waals surface area contributed by atoms with Gasteiger partial charge in [0.05, 0.1) is 12.3 Å². The average Bonchev–Trinajstić information content (AvgIpc) is 3.44. The topological polar surface area (TPSA) is 82.7 Å². The van der Waals surface area contributed by atoms with Crippen LogP contribution in [-0.2, 0) is 4.79 Å². The lowest BCUT2D eigenvalue weighted by Gasteiger charge is -2.27. The van der Waals surface area contributed by atoms with Gasteiger partial charge in [0.25, 0.3) is 0 Å². The van der Waals surface area contributed by atoms with Crippen molar-refractivity contribution in [1.82, 2.24) is 15.6 Å². The molecule has 29 heavy (non-hydrogen) atoms. The number of ether oxygens (including phenoxy) is 1. The number of amides is 3. The Morgan fingerprint density at radius 1 is 1.24 bits per heavy atom. The number of rotatable bonds is 12. The Bertz CT molecular complexity index is 737. The number of nitrogens with zero attached hydrogens (tertiary/aromatic N) is 1. The van der Waals surface area contributed by atoms with Crippen molar-refractivity contribution in [1.29, 1.82) is 0 Å². The number of carbonyl (C=O) groups excluding carboxylic acids is 2. The van der Waals surface area contributed by atoms with E-state index in [1.165, 1.54) is 18.9 Å².